The van der Waals surface area contributed by atoms with Gasteiger partial charge < -0.3 is 15.4 Å². The summed E-state index contributed by atoms with van der Waals surface area (Å²) in [7, 11) is 1.40. The van der Waals surface area contributed by atoms with Gasteiger partial charge in [0.1, 0.15) is 0 Å². The van der Waals surface area contributed by atoms with Gasteiger partial charge in [0.25, 0.3) is 0 Å². The first-order valence-corrected chi connectivity index (χ1v) is 7.41. The number of hydrogen-bond donors (Lipinski definition) is 1. The van der Waals surface area contributed by atoms with E-state index in [2.05, 4.69) is 11.8 Å². The number of anilines is 2. The smallest absolute Gasteiger partial charge is 0.337 e. The number of rotatable bonds is 4. The summed E-state index contributed by atoms with van der Waals surface area (Å²) in [5.41, 5.74) is 8.41. The van der Waals surface area contributed by atoms with Crippen molar-refractivity contribution in [1.29, 1.82) is 0 Å². The molecule has 0 spiro atoms. The first-order valence-electron chi connectivity index (χ1n) is 7.41. The summed E-state index contributed by atoms with van der Waals surface area (Å²) in [6.45, 7) is 3.22. The van der Waals surface area contributed by atoms with Crippen molar-refractivity contribution in [1.82, 2.24) is 0 Å². The first kappa shape index (κ1) is 14.7. The molecular formula is C16H24N2O2. The number of piperidine rings is 1. The predicted molar refractivity (Wildman–Crippen MR) is 82.1 cm³/mol. The number of nitrogens with zero attached hydrogens (tertiary/aromatic N) is 1. The molecule has 2 N–H and O–H groups in total. The van der Waals surface area contributed by atoms with Gasteiger partial charge in [-0.15, -0.1) is 0 Å². The summed E-state index contributed by atoms with van der Waals surface area (Å²) in [5, 5.41) is 0. The van der Waals surface area contributed by atoms with Crippen LogP contribution in [0, 0.1) is 0 Å². The summed E-state index contributed by atoms with van der Waals surface area (Å²) in [5.74, 6) is -0.310. The standard InChI is InChI=1S/C16H24N2O2/c1-3-6-13-7-4-5-10-18(13)15-11-12(16(19)20-2)8-9-14(15)17/h8-9,11,13H,3-7,10,17H2,1-2H3. The van der Waals surface area contributed by atoms with Gasteiger partial charge in [0, 0.05) is 12.6 Å². The van der Waals surface area contributed by atoms with Crippen LogP contribution in [0.25, 0.3) is 0 Å². The van der Waals surface area contributed by atoms with E-state index in [4.69, 9.17) is 10.5 Å². The molecule has 1 saturated heterocycles. The summed E-state index contributed by atoms with van der Waals surface area (Å²) in [6, 6.07) is 5.93. The van der Waals surface area contributed by atoms with Crippen molar-refractivity contribution in [3.05, 3.63) is 23.8 Å². The van der Waals surface area contributed by atoms with E-state index >= 15 is 0 Å². The summed E-state index contributed by atoms with van der Waals surface area (Å²) in [4.78, 5) is 14.1. The largest absolute Gasteiger partial charge is 0.465 e. The monoisotopic (exact) mass is 276 g/mol. The Hall–Kier alpha value is -1.71. The van der Waals surface area contributed by atoms with E-state index in [-0.39, 0.29) is 5.97 Å². The lowest BCUT2D eigenvalue weighted by Crippen LogP contribution is -2.40. The molecule has 4 heteroatoms. The van der Waals surface area contributed by atoms with Crippen LogP contribution in [-0.4, -0.2) is 25.7 Å². The zero-order valence-corrected chi connectivity index (χ0v) is 12.4. The Labute approximate surface area is 120 Å². The molecule has 0 bridgehead atoms. The number of carbonyl (C=O) groups is 1. The van der Waals surface area contributed by atoms with Gasteiger partial charge in [0.15, 0.2) is 0 Å². The van der Waals surface area contributed by atoms with Crippen LogP contribution in [0.15, 0.2) is 18.2 Å². The van der Waals surface area contributed by atoms with Crippen LogP contribution in [-0.2, 0) is 4.74 Å². The Morgan fingerprint density at radius 3 is 2.95 bits per heavy atom. The Kier molecular flexibility index (Phi) is 4.88. The second-order valence-corrected chi connectivity index (χ2v) is 5.40. The molecular weight excluding hydrogens is 252 g/mol. The van der Waals surface area contributed by atoms with Crippen LogP contribution >= 0.6 is 0 Å². The highest BCUT2D eigenvalue weighted by Crippen LogP contribution is 2.32. The lowest BCUT2D eigenvalue weighted by atomic mass is 9.96. The van der Waals surface area contributed by atoms with Gasteiger partial charge in [-0.25, -0.2) is 4.79 Å². The Bertz CT molecular complexity index is 472. The van der Waals surface area contributed by atoms with E-state index in [9.17, 15) is 4.79 Å². The van der Waals surface area contributed by atoms with Crippen LogP contribution in [0.5, 0.6) is 0 Å². The Morgan fingerprint density at radius 1 is 1.45 bits per heavy atom. The van der Waals surface area contributed by atoms with Gasteiger partial charge in [-0.05, 0) is 43.9 Å². The normalized spacial score (nSPS) is 18.9. The molecule has 2 rings (SSSR count). The van der Waals surface area contributed by atoms with Crippen molar-refractivity contribution in [2.45, 2.75) is 45.1 Å². The summed E-state index contributed by atoms with van der Waals surface area (Å²) < 4.78 is 4.79. The van der Waals surface area contributed by atoms with Crippen LogP contribution < -0.4 is 10.6 Å². The van der Waals surface area contributed by atoms with E-state index in [1.54, 1.807) is 12.1 Å². The molecule has 1 aromatic carbocycles. The average Bonchev–Trinajstić information content (AvgIpc) is 2.48. The Morgan fingerprint density at radius 2 is 2.25 bits per heavy atom. The third kappa shape index (κ3) is 3.06. The van der Waals surface area contributed by atoms with Gasteiger partial charge in [-0.1, -0.05) is 13.3 Å². The van der Waals surface area contributed by atoms with E-state index < -0.39 is 0 Å². The molecule has 1 atom stereocenters. The van der Waals surface area contributed by atoms with Crippen molar-refractivity contribution >= 4 is 17.3 Å². The van der Waals surface area contributed by atoms with Gasteiger partial charge in [-0.2, -0.15) is 0 Å². The fraction of sp³-hybridized carbons (Fsp3) is 0.562. The highest BCUT2D eigenvalue weighted by atomic mass is 16.5. The highest BCUT2D eigenvalue weighted by Gasteiger charge is 2.24. The van der Waals surface area contributed by atoms with E-state index in [1.165, 1.54) is 32.8 Å². The molecule has 4 nitrogen and oxygen atoms in total. The Balaban J connectivity index is 2.31. The summed E-state index contributed by atoms with van der Waals surface area (Å²) in [6.07, 6.45) is 6.00. The summed E-state index contributed by atoms with van der Waals surface area (Å²) >= 11 is 0. The zero-order valence-electron chi connectivity index (χ0n) is 12.4. The van der Waals surface area contributed by atoms with E-state index in [0.29, 0.717) is 11.6 Å². The number of ether oxygens (including phenoxy) is 1. The second kappa shape index (κ2) is 6.64. The average molecular weight is 276 g/mol. The molecule has 20 heavy (non-hydrogen) atoms. The van der Waals surface area contributed by atoms with Gasteiger partial charge >= 0.3 is 5.97 Å². The molecule has 1 aliphatic rings. The maximum absolute atomic E-state index is 11.7. The third-order valence-electron chi connectivity index (χ3n) is 4.01. The lowest BCUT2D eigenvalue weighted by molar-refractivity contribution is 0.0601. The van der Waals surface area contributed by atoms with E-state index in [0.717, 1.165) is 24.3 Å². The topological polar surface area (TPSA) is 55.6 Å². The maximum atomic E-state index is 11.7. The lowest BCUT2D eigenvalue weighted by Gasteiger charge is -2.38. The van der Waals surface area contributed by atoms with E-state index in [1.807, 2.05) is 6.07 Å². The number of carbonyl (C=O) groups excluding carboxylic acids is 1. The van der Waals surface area contributed by atoms with Gasteiger partial charge in [0.05, 0.1) is 24.0 Å². The number of methoxy groups -OCH3 is 1. The van der Waals surface area contributed by atoms with Crippen LogP contribution in [0.1, 0.15) is 49.4 Å². The highest BCUT2D eigenvalue weighted by molar-refractivity contribution is 5.92. The minimum Gasteiger partial charge on any atom is -0.465 e. The predicted octanol–water partition coefficient (Wildman–Crippen LogP) is 3.21. The van der Waals surface area contributed by atoms with Crippen LogP contribution in [0.4, 0.5) is 11.4 Å². The zero-order chi connectivity index (χ0) is 14.5. The number of nitrogens with two attached hydrogens (primary N) is 1. The number of esters is 1. The molecule has 1 unspecified atom stereocenters. The molecule has 0 saturated carbocycles. The van der Waals surface area contributed by atoms with Crippen LogP contribution in [0.2, 0.25) is 0 Å². The van der Waals surface area contributed by atoms with Crippen LogP contribution in [0.3, 0.4) is 0 Å². The van der Waals surface area contributed by atoms with Crippen molar-refractivity contribution < 1.29 is 9.53 Å². The molecule has 1 fully saturated rings. The maximum Gasteiger partial charge on any atom is 0.337 e. The molecule has 0 aromatic heterocycles. The fourth-order valence-electron chi connectivity index (χ4n) is 2.99. The third-order valence-corrected chi connectivity index (χ3v) is 4.01. The van der Waals surface area contributed by atoms with Crippen molar-refractivity contribution in [2.24, 2.45) is 0 Å². The fourth-order valence-corrected chi connectivity index (χ4v) is 2.99. The molecule has 0 amide bonds. The molecule has 1 aliphatic heterocycles. The molecule has 0 radical (unpaired) electrons. The minimum atomic E-state index is -0.310. The SMILES string of the molecule is CCCC1CCCCN1c1cc(C(=O)OC)ccc1N. The number of nitrogen functional groups attached to an aromatic ring is 1. The molecule has 110 valence electrons. The first-order chi connectivity index (χ1) is 9.67. The number of benzene rings is 1. The van der Waals surface area contributed by atoms with Gasteiger partial charge in [0.2, 0.25) is 0 Å². The van der Waals surface area contributed by atoms with Gasteiger partial charge in [-0.3, -0.25) is 0 Å². The molecule has 1 aromatic rings. The van der Waals surface area contributed by atoms with Crippen molar-refractivity contribution in [3.63, 3.8) is 0 Å². The van der Waals surface area contributed by atoms with Crippen molar-refractivity contribution in [2.75, 3.05) is 24.3 Å². The molecule has 0 aliphatic carbocycles. The van der Waals surface area contributed by atoms with Crippen molar-refractivity contribution in [3.8, 4) is 0 Å². The molecule has 1 heterocycles. The second-order valence-electron chi connectivity index (χ2n) is 5.40. The quantitative estimate of drug-likeness (QED) is 0.677. The number of hydrogen-bond acceptors (Lipinski definition) is 4. The minimum absolute atomic E-state index is 0.310.